The molecule has 9 heteroatoms. The highest BCUT2D eigenvalue weighted by Crippen LogP contribution is 2.34. The molecule has 0 unspecified atom stereocenters. The van der Waals surface area contributed by atoms with Gasteiger partial charge < -0.3 is 4.57 Å². The second-order valence-electron chi connectivity index (χ2n) is 7.39. The summed E-state index contributed by atoms with van der Waals surface area (Å²) >= 11 is 2.75. The fourth-order valence-corrected chi connectivity index (χ4v) is 6.22. The Balaban J connectivity index is 2.40. The molecule has 2 aromatic heterocycles. The van der Waals surface area contributed by atoms with Crippen molar-refractivity contribution in [3.8, 4) is 10.7 Å². The maximum Gasteiger partial charge on any atom is 0.252 e. The molecular weight excluding hydrogens is 376 g/mol. The van der Waals surface area contributed by atoms with Gasteiger partial charge >= 0.3 is 0 Å². The molecule has 2 heterocycles. The summed E-state index contributed by atoms with van der Waals surface area (Å²) in [4.78, 5) is 0.799. The smallest absolute Gasteiger partial charge is 0.252 e. The third-order valence-electron chi connectivity index (χ3n) is 3.59. The summed E-state index contributed by atoms with van der Waals surface area (Å²) in [5, 5.41) is 9.10. The molecule has 0 saturated heterocycles. The van der Waals surface area contributed by atoms with Gasteiger partial charge in [0.15, 0.2) is 11.0 Å². The van der Waals surface area contributed by atoms with Crippen LogP contribution in [-0.2, 0) is 17.1 Å². The molecule has 2 rings (SSSR count). The molecule has 0 fully saturated rings. The molecule has 0 amide bonds. The Kier molecular flexibility index (Phi) is 6.03. The van der Waals surface area contributed by atoms with Crippen LogP contribution >= 0.6 is 23.1 Å². The Morgan fingerprint density at radius 2 is 1.92 bits per heavy atom. The van der Waals surface area contributed by atoms with Gasteiger partial charge in [-0.15, -0.1) is 21.5 Å². The van der Waals surface area contributed by atoms with Crippen LogP contribution in [0.4, 0.5) is 0 Å². The molecule has 0 N–H and O–H groups in total. The van der Waals surface area contributed by atoms with Crippen LogP contribution in [-0.4, -0.2) is 46.3 Å². The molecule has 0 aromatic carbocycles. The van der Waals surface area contributed by atoms with E-state index in [1.54, 1.807) is 16.4 Å². The quantitative estimate of drug-likeness (QED) is 0.689. The number of hydrogen-bond acceptors (Lipinski definition) is 6. The molecule has 6 nitrogen and oxygen atoms in total. The summed E-state index contributed by atoms with van der Waals surface area (Å²) in [6.45, 7) is 10.4. The second-order valence-corrected chi connectivity index (χ2v) is 11.4. The van der Waals surface area contributed by atoms with Crippen LogP contribution in [0.5, 0.6) is 0 Å². The summed E-state index contributed by atoms with van der Waals surface area (Å²) < 4.78 is 30.1. The molecule has 25 heavy (non-hydrogen) atoms. The first kappa shape index (κ1) is 20.4. The first-order chi connectivity index (χ1) is 11.5. The zero-order valence-corrected chi connectivity index (χ0v) is 18.2. The van der Waals surface area contributed by atoms with Crippen molar-refractivity contribution in [2.75, 3.05) is 12.8 Å². The van der Waals surface area contributed by atoms with Crippen LogP contribution in [0.25, 0.3) is 10.7 Å². The maximum absolute atomic E-state index is 13.1. The van der Waals surface area contributed by atoms with Gasteiger partial charge in [0.25, 0.3) is 10.0 Å². The standard InChI is InChI=1S/C16H26N4O2S3/c1-11(2)20(10-16(3,4)5)25(21,22)13-9-8-12(24-13)14-17-18-15(23-7)19(14)6/h8-9,11H,10H2,1-7H3. The van der Waals surface area contributed by atoms with E-state index in [9.17, 15) is 8.42 Å². The van der Waals surface area contributed by atoms with E-state index in [-0.39, 0.29) is 11.5 Å². The summed E-state index contributed by atoms with van der Waals surface area (Å²) in [6, 6.07) is 3.37. The van der Waals surface area contributed by atoms with E-state index in [1.165, 1.54) is 23.1 Å². The fraction of sp³-hybridized carbons (Fsp3) is 0.625. The molecule has 0 spiro atoms. The van der Waals surface area contributed by atoms with E-state index in [1.807, 2.05) is 52.5 Å². The first-order valence-corrected chi connectivity index (χ1v) is 11.5. The van der Waals surface area contributed by atoms with Crippen molar-refractivity contribution >= 4 is 33.1 Å². The van der Waals surface area contributed by atoms with Crippen molar-refractivity contribution in [2.45, 2.75) is 50.0 Å². The van der Waals surface area contributed by atoms with Gasteiger partial charge in [-0.2, -0.15) is 4.31 Å². The van der Waals surface area contributed by atoms with Gasteiger partial charge in [0.05, 0.1) is 4.88 Å². The Labute approximate surface area is 158 Å². The zero-order chi connectivity index (χ0) is 19.0. The molecule has 0 atom stereocenters. The van der Waals surface area contributed by atoms with Crippen LogP contribution in [0, 0.1) is 5.41 Å². The summed E-state index contributed by atoms with van der Waals surface area (Å²) in [5.74, 6) is 0.683. The lowest BCUT2D eigenvalue weighted by Gasteiger charge is -2.31. The van der Waals surface area contributed by atoms with Crippen LogP contribution in [0.1, 0.15) is 34.6 Å². The molecule has 0 aliphatic rings. The molecule has 0 saturated carbocycles. The lowest BCUT2D eigenvalue weighted by Crippen LogP contribution is -2.41. The Hall–Kier alpha value is -0.900. The minimum atomic E-state index is -3.54. The zero-order valence-electron chi connectivity index (χ0n) is 15.8. The Morgan fingerprint density at radius 1 is 1.28 bits per heavy atom. The Morgan fingerprint density at radius 3 is 2.40 bits per heavy atom. The highest BCUT2D eigenvalue weighted by Gasteiger charge is 2.32. The Bertz CT molecular complexity index is 832. The summed E-state index contributed by atoms with van der Waals surface area (Å²) in [5.41, 5.74) is -0.117. The van der Waals surface area contributed by atoms with Crippen molar-refractivity contribution in [3.05, 3.63) is 12.1 Å². The normalized spacial score (nSPS) is 13.2. The second kappa shape index (κ2) is 7.38. The average Bonchev–Trinajstić information content (AvgIpc) is 3.10. The molecule has 140 valence electrons. The van der Waals surface area contributed by atoms with E-state index in [4.69, 9.17) is 0 Å². The van der Waals surface area contributed by atoms with Gasteiger partial charge in [0.2, 0.25) is 0 Å². The highest BCUT2D eigenvalue weighted by atomic mass is 32.2. The van der Waals surface area contributed by atoms with Crippen LogP contribution in [0.3, 0.4) is 0 Å². The SMILES string of the molecule is CSc1nnc(-c2ccc(S(=O)(=O)N(CC(C)(C)C)C(C)C)s2)n1C. The highest BCUT2D eigenvalue weighted by molar-refractivity contribution is 7.98. The fourth-order valence-electron chi connectivity index (χ4n) is 2.41. The van der Waals surface area contributed by atoms with Gasteiger partial charge in [0, 0.05) is 19.6 Å². The monoisotopic (exact) mass is 402 g/mol. The number of thiophene rings is 1. The average molecular weight is 403 g/mol. The van der Waals surface area contributed by atoms with Crippen molar-refractivity contribution in [1.82, 2.24) is 19.1 Å². The van der Waals surface area contributed by atoms with Gasteiger partial charge in [-0.05, 0) is 37.7 Å². The summed E-state index contributed by atoms with van der Waals surface area (Å²) in [6.07, 6.45) is 1.94. The number of nitrogens with zero attached hydrogens (tertiary/aromatic N) is 4. The minimum absolute atomic E-state index is 0.104. The minimum Gasteiger partial charge on any atom is -0.305 e. The lowest BCUT2D eigenvalue weighted by molar-refractivity contribution is 0.250. The third-order valence-corrected chi connectivity index (χ3v) is 7.88. The molecule has 0 aliphatic heterocycles. The van der Waals surface area contributed by atoms with Crippen molar-refractivity contribution in [1.29, 1.82) is 0 Å². The number of sulfonamides is 1. The van der Waals surface area contributed by atoms with Crippen molar-refractivity contribution in [3.63, 3.8) is 0 Å². The van der Waals surface area contributed by atoms with Crippen LogP contribution in [0.2, 0.25) is 0 Å². The van der Waals surface area contributed by atoms with E-state index in [2.05, 4.69) is 10.2 Å². The van der Waals surface area contributed by atoms with Gasteiger partial charge in [-0.3, -0.25) is 0 Å². The molecule has 2 aromatic rings. The lowest BCUT2D eigenvalue weighted by atomic mass is 9.97. The van der Waals surface area contributed by atoms with Crippen molar-refractivity contribution in [2.24, 2.45) is 12.5 Å². The predicted octanol–water partition coefficient (Wildman–Crippen LogP) is 3.71. The van der Waals surface area contributed by atoms with Crippen molar-refractivity contribution < 1.29 is 8.42 Å². The topological polar surface area (TPSA) is 68.1 Å². The number of aromatic nitrogens is 3. The number of hydrogen-bond donors (Lipinski definition) is 0. The van der Waals surface area contributed by atoms with E-state index >= 15 is 0 Å². The van der Waals surface area contributed by atoms with E-state index in [0.29, 0.717) is 16.6 Å². The van der Waals surface area contributed by atoms with Crippen LogP contribution < -0.4 is 0 Å². The van der Waals surface area contributed by atoms with E-state index in [0.717, 1.165) is 10.0 Å². The summed E-state index contributed by atoms with van der Waals surface area (Å²) in [7, 11) is -1.66. The molecule has 0 aliphatic carbocycles. The van der Waals surface area contributed by atoms with Gasteiger partial charge in [0.1, 0.15) is 4.21 Å². The van der Waals surface area contributed by atoms with E-state index < -0.39 is 10.0 Å². The predicted molar refractivity (Wildman–Crippen MR) is 105 cm³/mol. The molecule has 0 bridgehead atoms. The largest absolute Gasteiger partial charge is 0.305 e. The number of rotatable bonds is 6. The third kappa shape index (κ3) is 4.45. The number of thioether (sulfide) groups is 1. The van der Waals surface area contributed by atoms with Crippen LogP contribution in [0.15, 0.2) is 21.5 Å². The molecular formula is C16H26N4O2S3. The van der Waals surface area contributed by atoms with Gasteiger partial charge in [-0.1, -0.05) is 32.5 Å². The first-order valence-electron chi connectivity index (χ1n) is 8.03. The van der Waals surface area contributed by atoms with Gasteiger partial charge in [-0.25, -0.2) is 8.42 Å². The molecule has 0 radical (unpaired) electrons. The maximum atomic E-state index is 13.1.